The second-order valence-electron chi connectivity index (χ2n) is 5.86. The van der Waals surface area contributed by atoms with E-state index in [-0.39, 0.29) is 0 Å². The predicted molar refractivity (Wildman–Crippen MR) is 76.2 cm³/mol. The predicted octanol–water partition coefficient (Wildman–Crippen LogP) is 3.40. The van der Waals surface area contributed by atoms with Crippen LogP contribution in [0.2, 0.25) is 0 Å². The average molecular weight is 240 g/mol. The van der Waals surface area contributed by atoms with Gasteiger partial charge in [0.2, 0.25) is 0 Å². The maximum Gasteiger partial charge on any atom is 0.0246 e. The van der Waals surface area contributed by atoms with Crippen LogP contribution in [-0.2, 0) is 0 Å². The first-order valence-corrected chi connectivity index (χ1v) is 7.66. The normalized spacial score (nSPS) is 28.2. The minimum atomic E-state index is 0.630. The first kappa shape index (κ1) is 15.0. The van der Waals surface area contributed by atoms with Crippen LogP contribution in [-0.4, -0.2) is 30.1 Å². The first-order chi connectivity index (χ1) is 8.20. The topological polar surface area (TPSA) is 29.3 Å². The summed E-state index contributed by atoms with van der Waals surface area (Å²) in [4.78, 5) is 2.68. The molecule has 0 aromatic rings. The van der Waals surface area contributed by atoms with Gasteiger partial charge < -0.3 is 5.73 Å². The summed E-state index contributed by atoms with van der Waals surface area (Å²) in [7, 11) is 0. The average Bonchev–Trinajstić information content (AvgIpc) is 2.34. The maximum atomic E-state index is 5.96. The number of nitrogens with zero attached hydrogens (tertiary/aromatic N) is 1. The number of piperidine rings is 1. The zero-order chi connectivity index (χ0) is 12.7. The van der Waals surface area contributed by atoms with Crippen molar-refractivity contribution in [2.75, 3.05) is 13.1 Å². The molecule has 2 N–H and O–H groups in total. The summed E-state index contributed by atoms with van der Waals surface area (Å²) in [6.45, 7) is 9.14. The van der Waals surface area contributed by atoms with Gasteiger partial charge in [-0.1, -0.05) is 39.5 Å². The van der Waals surface area contributed by atoms with E-state index in [0.717, 1.165) is 18.5 Å². The van der Waals surface area contributed by atoms with Gasteiger partial charge in [0.15, 0.2) is 0 Å². The molecule has 102 valence electrons. The van der Waals surface area contributed by atoms with Gasteiger partial charge in [-0.05, 0) is 38.6 Å². The number of hydrogen-bond acceptors (Lipinski definition) is 2. The monoisotopic (exact) mass is 240 g/mol. The summed E-state index contributed by atoms with van der Waals surface area (Å²) in [5, 5.41) is 0. The Labute approximate surface area is 108 Å². The molecule has 1 heterocycles. The molecule has 0 radical (unpaired) electrons. The van der Waals surface area contributed by atoms with Crippen LogP contribution in [0.3, 0.4) is 0 Å². The lowest BCUT2D eigenvalue weighted by Gasteiger charge is -2.43. The van der Waals surface area contributed by atoms with Gasteiger partial charge >= 0.3 is 0 Å². The van der Waals surface area contributed by atoms with Crippen LogP contribution in [0.5, 0.6) is 0 Å². The molecule has 0 saturated carbocycles. The molecule has 3 unspecified atom stereocenters. The molecule has 0 aliphatic carbocycles. The van der Waals surface area contributed by atoms with Gasteiger partial charge in [-0.15, -0.1) is 0 Å². The molecular weight excluding hydrogens is 208 g/mol. The highest BCUT2D eigenvalue weighted by Crippen LogP contribution is 2.26. The molecule has 1 saturated heterocycles. The fraction of sp³-hybridized carbons (Fsp3) is 1.00. The van der Waals surface area contributed by atoms with E-state index in [9.17, 15) is 0 Å². The van der Waals surface area contributed by atoms with Crippen molar-refractivity contribution in [3.8, 4) is 0 Å². The molecule has 1 rings (SSSR count). The Morgan fingerprint density at radius 3 is 2.71 bits per heavy atom. The quantitative estimate of drug-likeness (QED) is 0.691. The number of nitrogens with two attached hydrogens (primary N) is 1. The van der Waals surface area contributed by atoms with Crippen molar-refractivity contribution in [1.82, 2.24) is 4.90 Å². The number of unbranched alkanes of at least 4 members (excludes halogenated alkanes) is 3. The van der Waals surface area contributed by atoms with Crippen LogP contribution >= 0.6 is 0 Å². The summed E-state index contributed by atoms with van der Waals surface area (Å²) in [5.74, 6) is 0.784. The van der Waals surface area contributed by atoms with Gasteiger partial charge in [0, 0.05) is 18.6 Å². The van der Waals surface area contributed by atoms with Crippen molar-refractivity contribution in [2.45, 2.75) is 77.8 Å². The van der Waals surface area contributed by atoms with Gasteiger partial charge in [-0.25, -0.2) is 0 Å². The van der Waals surface area contributed by atoms with E-state index in [0.29, 0.717) is 6.04 Å². The van der Waals surface area contributed by atoms with E-state index in [2.05, 4.69) is 25.7 Å². The fourth-order valence-corrected chi connectivity index (χ4v) is 3.23. The smallest absolute Gasteiger partial charge is 0.0246 e. The zero-order valence-electron chi connectivity index (χ0n) is 12.1. The SMILES string of the molecule is CCCCCCC(C)N1CCCC(C)C1CN. The second-order valence-corrected chi connectivity index (χ2v) is 5.86. The Kier molecular flexibility index (Phi) is 7.14. The van der Waals surface area contributed by atoms with Crippen LogP contribution in [0.15, 0.2) is 0 Å². The minimum Gasteiger partial charge on any atom is -0.329 e. The summed E-state index contributed by atoms with van der Waals surface area (Å²) in [6.07, 6.45) is 9.58. The number of rotatable bonds is 7. The van der Waals surface area contributed by atoms with E-state index in [4.69, 9.17) is 5.73 Å². The third-order valence-electron chi connectivity index (χ3n) is 4.44. The van der Waals surface area contributed by atoms with E-state index in [1.54, 1.807) is 0 Å². The van der Waals surface area contributed by atoms with Gasteiger partial charge in [-0.3, -0.25) is 4.90 Å². The summed E-state index contributed by atoms with van der Waals surface area (Å²) in [6, 6.07) is 1.35. The van der Waals surface area contributed by atoms with E-state index in [1.807, 2.05) is 0 Å². The van der Waals surface area contributed by atoms with Gasteiger partial charge in [-0.2, -0.15) is 0 Å². The summed E-state index contributed by atoms with van der Waals surface area (Å²) < 4.78 is 0. The van der Waals surface area contributed by atoms with E-state index < -0.39 is 0 Å². The Morgan fingerprint density at radius 1 is 1.29 bits per heavy atom. The van der Waals surface area contributed by atoms with Crippen LogP contribution in [0.4, 0.5) is 0 Å². The third kappa shape index (κ3) is 4.59. The van der Waals surface area contributed by atoms with E-state index in [1.165, 1.54) is 51.5 Å². The minimum absolute atomic E-state index is 0.630. The van der Waals surface area contributed by atoms with Crippen LogP contribution in [0, 0.1) is 5.92 Å². The summed E-state index contributed by atoms with van der Waals surface area (Å²) >= 11 is 0. The Bertz CT molecular complexity index is 193. The molecule has 17 heavy (non-hydrogen) atoms. The van der Waals surface area contributed by atoms with Crippen molar-refractivity contribution in [3.63, 3.8) is 0 Å². The number of likely N-dealkylation sites (tertiary alicyclic amines) is 1. The Balaban J connectivity index is 2.34. The molecular formula is C15H32N2. The molecule has 3 atom stereocenters. The molecule has 0 aromatic carbocycles. The number of hydrogen-bond donors (Lipinski definition) is 1. The molecule has 0 amide bonds. The van der Waals surface area contributed by atoms with Crippen molar-refractivity contribution >= 4 is 0 Å². The molecule has 0 aromatic heterocycles. The molecule has 0 spiro atoms. The molecule has 1 aliphatic rings. The van der Waals surface area contributed by atoms with Crippen molar-refractivity contribution in [3.05, 3.63) is 0 Å². The van der Waals surface area contributed by atoms with Gasteiger partial charge in [0.25, 0.3) is 0 Å². The fourth-order valence-electron chi connectivity index (χ4n) is 3.23. The Hall–Kier alpha value is -0.0800. The standard InChI is InChI=1S/C15H32N2/c1-4-5-6-7-10-14(3)17-11-8-9-13(2)15(17)12-16/h13-15H,4-12,16H2,1-3H3. The summed E-state index contributed by atoms with van der Waals surface area (Å²) in [5.41, 5.74) is 5.96. The van der Waals surface area contributed by atoms with Crippen LogP contribution < -0.4 is 5.73 Å². The highest BCUT2D eigenvalue weighted by molar-refractivity contribution is 4.85. The lowest BCUT2D eigenvalue weighted by atomic mass is 9.89. The highest BCUT2D eigenvalue weighted by Gasteiger charge is 2.29. The highest BCUT2D eigenvalue weighted by atomic mass is 15.2. The Morgan fingerprint density at radius 2 is 2.06 bits per heavy atom. The van der Waals surface area contributed by atoms with Crippen LogP contribution in [0.25, 0.3) is 0 Å². The van der Waals surface area contributed by atoms with Crippen molar-refractivity contribution < 1.29 is 0 Å². The molecule has 1 fully saturated rings. The molecule has 0 bridgehead atoms. The van der Waals surface area contributed by atoms with Crippen molar-refractivity contribution in [1.29, 1.82) is 0 Å². The van der Waals surface area contributed by atoms with Gasteiger partial charge in [0.1, 0.15) is 0 Å². The zero-order valence-corrected chi connectivity index (χ0v) is 12.1. The maximum absolute atomic E-state index is 5.96. The second kappa shape index (κ2) is 8.10. The van der Waals surface area contributed by atoms with Crippen LogP contribution in [0.1, 0.15) is 65.7 Å². The van der Waals surface area contributed by atoms with Crippen molar-refractivity contribution in [2.24, 2.45) is 11.7 Å². The third-order valence-corrected chi connectivity index (χ3v) is 4.44. The lowest BCUT2D eigenvalue weighted by Crippen LogP contribution is -2.52. The first-order valence-electron chi connectivity index (χ1n) is 7.66. The molecule has 2 heteroatoms. The lowest BCUT2D eigenvalue weighted by molar-refractivity contribution is 0.0645. The van der Waals surface area contributed by atoms with Gasteiger partial charge in [0.05, 0.1) is 0 Å². The molecule has 1 aliphatic heterocycles. The molecule has 2 nitrogen and oxygen atoms in total. The van der Waals surface area contributed by atoms with E-state index >= 15 is 0 Å². The largest absolute Gasteiger partial charge is 0.329 e.